The second kappa shape index (κ2) is 7.61. The number of aromatic nitrogens is 3. The third kappa shape index (κ3) is 4.44. The molecule has 0 radical (unpaired) electrons. The number of hydrogen-bond donors (Lipinski definition) is 2. The second-order valence-corrected chi connectivity index (χ2v) is 5.80. The topological polar surface area (TPSA) is 79.9 Å². The molecular weight excluding hydrogens is 316 g/mol. The first-order chi connectivity index (χ1) is 12.1. The zero-order valence-electron chi connectivity index (χ0n) is 14.2. The van der Waals surface area contributed by atoms with Gasteiger partial charge in [-0.25, -0.2) is 4.98 Å². The Morgan fingerprint density at radius 2 is 1.96 bits per heavy atom. The van der Waals surface area contributed by atoms with Gasteiger partial charge in [0.05, 0.1) is 24.0 Å². The number of anilines is 1. The summed E-state index contributed by atoms with van der Waals surface area (Å²) in [6.07, 6.45) is 1.87. The molecular formula is C19H20N4O2. The van der Waals surface area contributed by atoms with Crippen LogP contribution in [0.15, 0.2) is 48.7 Å². The summed E-state index contributed by atoms with van der Waals surface area (Å²) in [6, 6.07) is 13.4. The van der Waals surface area contributed by atoms with Gasteiger partial charge in [-0.1, -0.05) is 30.3 Å². The van der Waals surface area contributed by atoms with Crippen LogP contribution in [0.3, 0.4) is 0 Å². The van der Waals surface area contributed by atoms with Crippen molar-refractivity contribution in [1.29, 1.82) is 0 Å². The fourth-order valence-corrected chi connectivity index (χ4v) is 2.47. The molecule has 2 N–H and O–H groups in total. The zero-order chi connectivity index (χ0) is 17.6. The van der Waals surface area contributed by atoms with Crippen molar-refractivity contribution in [2.45, 2.75) is 26.9 Å². The first kappa shape index (κ1) is 16.7. The number of H-pyrrole nitrogens is 1. The van der Waals surface area contributed by atoms with Crippen molar-refractivity contribution in [3.8, 4) is 5.88 Å². The first-order valence-electron chi connectivity index (χ1n) is 8.05. The smallest absolute Gasteiger partial charge is 0.228 e. The summed E-state index contributed by atoms with van der Waals surface area (Å²) in [6.45, 7) is 4.24. The van der Waals surface area contributed by atoms with E-state index in [0.717, 1.165) is 22.5 Å². The molecule has 3 rings (SSSR count). The Balaban J connectivity index is 1.54. The van der Waals surface area contributed by atoms with Gasteiger partial charge in [-0.15, -0.1) is 0 Å². The molecule has 128 valence electrons. The first-order valence-corrected chi connectivity index (χ1v) is 8.05. The van der Waals surface area contributed by atoms with Gasteiger partial charge in [0.25, 0.3) is 0 Å². The number of aromatic amines is 1. The monoisotopic (exact) mass is 336 g/mol. The van der Waals surface area contributed by atoms with Crippen molar-refractivity contribution in [3.05, 3.63) is 71.2 Å². The molecule has 3 aromatic rings. The lowest BCUT2D eigenvalue weighted by Crippen LogP contribution is -2.15. The Hall–Kier alpha value is -3.15. The van der Waals surface area contributed by atoms with Crippen molar-refractivity contribution in [2.75, 3.05) is 5.32 Å². The fourth-order valence-electron chi connectivity index (χ4n) is 2.47. The van der Waals surface area contributed by atoms with E-state index in [4.69, 9.17) is 4.74 Å². The van der Waals surface area contributed by atoms with Gasteiger partial charge in [0, 0.05) is 17.3 Å². The largest absolute Gasteiger partial charge is 0.473 e. The number of ether oxygens (including phenoxy) is 1. The van der Waals surface area contributed by atoms with Crippen LogP contribution in [0.25, 0.3) is 0 Å². The van der Waals surface area contributed by atoms with Gasteiger partial charge in [-0.2, -0.15) is 5.10 Å². The lowest BCUT2D eigenvalue weighted by atomic mass is 10.1. The summed E-state index contributed by atoms with van der Waals surface area (Å²) in [5.74, 6) is 0.413. The summed E-state index contributed by atoms with van der Waals surface area (Å²) in [4.78, 5) is 16.4. The van der Waals surface area contributed by atoms with Gasteiger partial charge in [0.1, 0.15) is 6.61 Å². The Kier molecular flexibility index (Phi) is 5.09. The highest BCUT2D eigenvalue weighted by Gasteiger charge is 2.11. The molecule has 2 aromatic heterocycles. The van der Waals surface area contributed by atoms with E-state index in [0.29, 0.717) is 18.2 Å². The number of nitrogens with one attached hydrogen (secondary N) is 2. The molecule has 1 aromatic carbocycles. The van der Waals surface area contributed by atoms with Crippen LogP contribution in [-0.4, -0.2) is 21.1 Å². The van der Waals surface area contributed by atoms with E-state index in [9.17, 15) is 4.79 Å². The van der Waals surface area contributed by atoms with Crippen molar-refractivity contribution in [3.63, 3.8) is 0 Å². The summed E-state index contributed by atoms with van der Waals surface area (Å²) < 4.78 is 5.63. The number of rotatable bonds is 6. The number of benzene rings is 1. The number of hydrogen-bond acceptors (Lipinski definition) is 4. The van der Waals surface area contributed by atoms with Crippen LogP contribution >= 0.6 is 0 Å². The average Bonchev–Trinajstić information content (AvgIpc) is 2.94. The number of carbonyl (C=O) groups excluding carboxylic acids is 1. The van der Waals surface area contributed by atoms with Gasteiger partial charge in [-0.05, 0) is 25.5 Å². The van der Waals surface area contributed by atoms with E-state index >= 15 is 0 Å². The van der Waals surface area contributed by atoms with Gasteiger partial charge in [-0.3, -0.25) is 9.89 Å². The Morgan fingerprint density at radius 3 is 2.60 bits per heavy atom. The Labute approximate surface area is 146 Å². The van der Waals surface area contributed by atoms with Crippen molar-refractivity contribution in [2.24, 2.45) is 0 Å². The maximum atomic E-state index is 12.2. The van der Waals surface area contributed by atoms with Crippen molar-refractivity contribution >= 4 is 11.6 Å². The van der Waals surface area contributed by atoms with Crippen LogP contribution in [0.2, 0.25) is 0 Å². The normalized spacial score (nSPS) is 10.5. The predicted molar refractivity (Wildman–Crippen MR) is 95.4 cm³/mol. The summed E-state index contributed by atoms with van der Waals surface area (Å²) in [7, 11) is 0. The minimum Gasteiger partial charge on any atom is -0.473 e. The number of aryl methyl sites for hydroxylation is 2. The van der Waals surface area contributed by atoms with E-state index in [2.05, 4.69) is 20.5 Å². The number of amides is 1. The molecule has 25 heavy (non-hydrogen) atoms. The highest BCUT2D eigenvalue weighted by Crippen LogP contribution is 2.15. The van der Waals surface area contributed by atoms with E-state index < -0.39 is 0 Å². The molecule has 0 unspecified atom stereocenters. The lowest BCUT2D eigenvalue weighted by Gasteiger charge is -2.08. The lowest BCUT2D eigenvalue weighted by molar-refractivity contribution is -0.115. The molecule has 0 fully saturated rings. The van der Waals surface area contributed by atoms with Crippen LogP contribution in [0.1, 0.15) is 22.5 Å². The number of nitrogens with zero attached hydrogens (tertiary/aromatic N) is 2. The Morgan fingerprint density at radius 1 is 1.16 bits per heavy atom. The molecule has 1 amide bonds. The standard InChI is InChI=1S/C19H20N4O2/c1-13-17(14(2)23-22-13)10-18(24)21-16-8-9-19(20-11-16)25-12-15-6-4-3-5-7-15/h3-9,11H,10,12H2,1-2H3,(H,21,24)(H,22,23). The summed E-state index contributed by atoms with van der Waals surface area (Å²) in [5, 5.41) is 9.82. The van der Waals surface area contributed by atoms with Crippen LogP contribution in [0.4, 0.5) is 5.69 Å². The van der Waals surface area contributed by atoms with Gasteiger partial charge >= 0.3 is 0 Å². The maximum Gasteiger partial charge on any atom is 0.228 e. The molecule has 6 nitrogen and oxygen atoms in total. The fraction of sp³-hybridized carbons (Fsp3) is 0.211. The molecule has 0 saturated heterocycles. The molecule has 0 aliphatic rings. The molecule has 0 bridgehead atoms. The van der Waals surface area contributed by atoms with Crippen molar-refractivity contribution in [1.82, 2.24) is 15.2 Å². The van der Waals surface area contributed by atoms with Crippen molar-refractivity contribution < 1.29 is 9.53 Å². The van der Waals surface area contributed by atoms with Crippen LogP contribution < -0.4 is 10.1 Å². The molecule has 0 spiro atoms. The summed E-state index contributed by atoms with van der Waals surface area (Å²) in [5.41, 5.74) is 4.39. The third-order valence-electron chi connectivity index (χ3n) is 3.87. The average molecular weight is 336 g/mol. The van der Waals surface area contributed by atoms with Gasteiger partial charge in [0.15, 0.2) is 0 Å². The van der Waals surface area contributed by atoms with E-state index in [1.54, 1.807) is 18.3 Å². The van der Waals surface area contributed by atoms with E-state index in [1.165, 1.54) is 0 Å². The second-order valence-electron chi connectivity index (χ2n) is 5.80. The van der Waals surface area contributed by atoms with E-state index in [1.807, 2.05) is 44.2 Å². The van der Waals surface area contributed by atoms with E-state index in [-0.39, 0.29) is 12.3 Å². The SMILES string of the molecule is Cc1n[nH]c(C)c1CC(=O)Nc1ccc(OCc2ccccc2)nc1. The van der Waals surface area contributed by atoms with Gasteiger partial charge in [0.2, 0.25) is 11.8 Å². The van der Waals surface area contributed by atoms with Crippen LogP contribution in [-0.2, 0) is 17.8 Å². The van der Waals surface area contributed by atoms with Crippen LogP contribution in [0.5, 0.6) is 5.88 Å². The molecule has 0 atom stereocenters. The number of carbonyl (C=O) groups is 1. The highest BCUT2D eigenvalue weighted by atomic mass is 16.5. The number of pyridine rings is 1. The minimum atomic E-state index is -0.104. The minimum absolute atomic E-state index is 0.104. The van der Waals surface area contributed by atoms with Crippen LogP contribution in [0, 0.1) is 13.8 Å². The van der Waals surface area contributed by atoms with Gasteiger partial charge < -0.3 is 10.1 Å². The highest BCUT2D eigenvalue weighted by molar-refractivity contribution is 5.92. The molecule has 6 heteroatoms. The molecule has 0 aliphatic carbocycles. The summed E-state index contributed by atoms with van der Waals surface area (Å²) >= 11 is 0. The zero-order valence-corrected chi connectivity index (χ0v) is 14.2. The molecule has 2 heterocycles. The predicted octanol–water partition coefficient (Wildman–Crippen LogP) is 3.18. The maximum absolute atomic E-state index is 12.2. The molecule has 0 saturated carbocycles. The molecule has 0 aliphatic heterocycles. The Bertz CT molecular complexity index is 822. The third-order valence-corrected chi connectivity index (χ3v) is 3.87. The quantitative estimate of drug-likeness (QED) is 0.724.